The molecule has 1 aromatic heterocycles. The number of aromatic nitrogens is 1. The molecule has 0 radical (unpaired) electrons. The fourth-order valence-corrected chi connectivity index (χ4v) is 2.70. The summed E-state index contributed by atoms with van der Waals surface area (Å²) >= 11 is 0. The van der Waals surface area contributed by atoms with Crippen LogP contribution in [0, 0.1) is 16.6 Å². The van der Waals surface area contributed by atoms with Crippen molar-refractivity contribution in [2.45, 2.75) is 40.3 Å². The van der Waals surface area contributed by atoms with Crippen molar-refractivity contribution in [2.24, 2.45) is 10.8 Å². The van der Waals surface area contributed by atoms with Gasteiger partial charge in [0.15, 0.2) is 0 Å². The maximum Gasteiger partial charge on any atom is 0.390 e. The Kier molecular flexibility index (Phi) is 6.33. The number of rotatable bonds is 6. The summed E-state index contributed by atoms with van der Waals surface area (Å²) < 4.78 is 58.4. The van der Waals surface area contributed by atoms with Gasteiger partial charge in [-0.2, -0.15) is 13.2 Å². The van der Waals surface area contributed by atoms with Gasteiger partial charge in [-0.25, -0.2) is 4.39 Å². The van der Waals surface area contributed by atoms with Crippen LogP contribution in [0.3, 0.4) is 0 Å². The highest BCUT2D eigenvalue weighted by atomic mass is 19.4. The number of hydrogen-bond acceptors (Lipinski definition) is 3. The number of para-hydroxylation sites is 1. The van der Waals surface area contributed by atoms with Crippen LogP contribution in [0.15, 0.2) is 30.5 Å². The molecule has 0 saturated heterocycles. The van der Waals surface area contributed by atoms with E-state index in [1.54, 1.807) is 6.07 Å². The van der Waals surface area contributed by atoms with Crippen molar-refractivity contribution >= 4 is 22.5 Å². The van der Waals surface area contributed by atoms with Gasteiger partial charge in [-0.3, -0.25) is 9.78 Å². The lowest BCUT2D eigenvalue weighted by Crippen LogP contribution is -2.42. The minimum absolute atomic E-state index is 0.118. The first-order valence-electron chi connectivity index (χ1n) is 8.79. The van der Waals surface area contributed by atoms with Crippen LogP contribution in [0.25, 0.3) is 10.9 Å². The molecule has 0 bridgehead atoms. The van der Waals surface area contributed by atoms with Crippen LogP contribution in [0.4, 0.5) is 23.2 Å². The molecule has 0 saturated carbocycles. The Hall–Kier alpha value is -2.22. The number of anilines is 1. The number of carbonyl (C=O) groups excluding carboxylic acids is 1. The van der Waals surface area contributed by atoms with E-state index in [1.165, 1.54) is 31.3 Å². The summed E-state index contributed by atoms with van der Waals surface area (Å²) in [6.07, 6.45) is -4.65. The highest BCUT2D eigenvalue weighted by Crippen LogP contribution is 2.35. The molecule has 2 aromatic rings. The van der Waals surface area contributed by atoms with Gasteiger partial charge in [-0.05, 0) is 24.5 Å². The molecule has 1 aromatic carbocycles. The van der Waals surface area contributed by atoms with E-state index in [9.17, 15) is 22.4 Å². The van der Waals surface area contributed by atoms with Crippen LogP contribution in [0.1, 0.15) is 34.1 Å². The standard InChI is InChI=1S/C20H24F4N2O2/c1-18(2,3)11-28-12-19(4,10-20(22,23)24)17(27)26-14-8-13-6-5-7-15(21)16(13)25-9-14/h5-9H,10-12H2,1-4H3,(H,26,27). The van der Waals surface area contributed by atoms with Crippen molar-refractivity contribution in [3.05, 3.63) is 36.3 Å². The van der Waals surface area contributed by atoms with E-state index in [0.29, 0.717) is 5.39 Å². The second-order valence-electron chi connectivity index (χ2n) is 8.40. The highest BCUT2D eigenvalue weighted by Gasteiger charge is 2.45. The molecule has 1 amide bonds. The summed E-state index contributed by atoms with van der Waals surface area (Å²) in [7, 11) is 0. The summed E-state index contributed by atoms with van der Waals surface area (Å²) in [5, 5.41) is 2.89. The predicted octanol–water partition coefficient (Wildman–Crippen LogP) is 5.33. The number of alkyl halides is 3. The van der Waals surface area contributed by atoms with E-state index < -0.39 is 29.7 Å². The van der Waals surface area contributed by atoms with Crippen molar-refractivity contribution in [1.82, 2.24) is 4.98 Å². The van der Waals surface area contributed by atoms with Crippen LogP contribution in [-0.4, -0.2) is 30.3 Å². The fourth-order valence-electron chi connectivity index (χ4n) is 2.70. The predicted molar refractivity (Wildman–Crippen MR) is 99.4 cm³/mol. The van der Waals surface area contributed by atoms with E-state index in [4.69, 9.17) is 4.74 Å². The minimum Gasteiger partial charge on any atom is -0.380 e. The summed E-state index contributed by atoms with van der Waals surface area (Å²) in [5.41, 5.74) is -1.76. The molecule has 8 heteroatoms. The molecule has 1 atom stereocenters. The number of hydrogen-bond donors (Lipinski definition) is 1. The van der Waals surface area contributed by atoms with E-state index in [1.807, 2.05) is 20.8 Å². The number of benzene rings is 1. The van der Waals surface area contributed by atoms with Gasteiger partial charge in [-0.1, -0.05) is 32.9 Å². The van der Waals surface area contributed by atoms with Crippen LogP contribution in [0.5, 0.6) is 0 Å². The van der Waals surface area contributed by atoms with Crippen LogP contribution in [-0.2, 0) is 9.53 Å². The van der Waals surface area contributed by atoms with Gasteiger partial charge >= 0.3 is 6.18 Å². The molecular weight excluding hydrogens is 376 g/mol. The van der Waals surface area contributed by atoms with Crippen LogP contribution in [0.2, 0.25) is 0 Å². The smallest absolute Gasteiger partial charge is 0.380 e. The monoisotopic (exact) mass is 400 g/mol. The largest absolute Gasteiger partial charge is 0.390 e. The molecule has 4 nitrogen and oxygen atoms in total. The summed E-state index contributed by atoms with van der Waals surface area (Å²) in [5.74, 6) is -1.36. The van der Waals surface area contributed by atoms with Gasteiger partial charge in [0.25, 0.3) is 0 Å². The Labute approximate surface area is 161 Å². The lowest BCUT2D eigenvalue weighted by Gasteiger charge is -2.30. The number of nitrogens with zero attached hydrogens (tertiary/aromatic N) is 1. The molecule has 154 valence electrons. The Morgan fingerprint density at radius 2 is 1.82 bits per heavy atom. The summed E-state index contributed by atoms with van der Waals surface area (Å²) in [6, 6.07) is 5.80. The third-order valence-electron chi connectivity index (χ3n) is 4.01. The third-order valence-corrected chi connectivity index (χ3v) is 4.01. The number of pyridine rings is 1. The Balaban J connectivity index is 2.21. The van der Waals surface area contributed by atoms with E-state index in [0.717, 1.165) is 0 Å². The van der Waals surface area contributed by atoms with Gasteiger partial charge in [0.05, 0.1) is 36.9 Å². The van der Waals surface area contributed by atoms with Gasteiger partial charge < -0.3 is 10.1 Å². The molecule has 0 aliphatic carbocycles. The molecule has 1 unspecified atom stereocenters. The van der Waals surface area contributed by atoms with Crippen LogP contribution >= 0.6 is 0 Å². The molecule has 28 heavy (non-hydrogen) atoms. The Bertz CT molecular complexity index is 846. The normalized spacial score (nSPS) is 14.7. The first kappa shape index (κ1) is 22.1. The first-order chi connectivity index (χ1) is 12.8. The fraction of sp³-hybridized carbons (Fsp3) is 0.500. The maximum atomic E-state index is 13.7. The SMILES string of the molecule is CC(C)(C)COCC(C)(CC(F)(F)F)C(=O)Nc1cnc2c(F)cccc2c1. The van der Waals surface area contributed by atoms with E-state index in [-0.39, 0.29) is 29.8 Å². The first-order valence-corrected chi connectivity index (χ1v) is 8.79. The maximum absolute atomic E-state index is 13.7. The zero-order chi connectivity index (χ0) is 21.2. The minimum atomic E-state index is -4.54. The van der Waals surface area contributed by atoms with Crippen LogP contribution < -0.4 is 5.32 Å². The van der Waals surface area contributed by atoms with Gasteiger partial charge in [0.1, 0.15) is 11.3 Å². The quantitative estimate of drug-likeness (QED) is 0.667. The number of ether oxygens (including phenoxy) is 1. The van der Waals surface area contributed by atoms with Gasteiger partial charge in [0, 0.05) is 5.39 Å². The number of nitrogens with one attached hydrogen (secondary N) is 1. The van der Waals surface area contributed by atoms with Gasteiger partial charge in [-0.15, -0.1) is 0 Å². The lowest BCUT2D eigenvalue weighted by molar-refractivity contribution is -0.171. The van der Waals surface area contributed by atoms with Crippen molar-refractivity contribution in [3.8, 4) is 0 Å². The van der Waals surface area contributed by atoms with E-state index >= 15 is 0 Å². The van der Waals surface area contributed by atoms with Crippen molar-refractivity contribution in [2.75, 3.05) is 18.5 Å². The average Bonchev–Trinajstić information content (AvgIpc) is 2.52. The van der Waals surface area contributed by atoms with Crippen molar-refractivity contribution < 1.29 is 27.1 Å². The lowest BCUT2D eigenvalue weighted by atomic mass is 9.86. The zero-order valence-corrected chi connectivity index (χ0v) is 16.3. The molecule has 1 N–H and O–H groups in total. The topological polar surface area (TPSA) is 51.2 Å². The average molecular weight is 400 g/mol. The van der Waals surface area contributed by atoms with E-state index in [2.05, 4.69) is 10.3 Å². The number of fused-ring (bicyclic) bond motifs is 1. The zero-order valence-electron chi connectivity index (χ0n) is 16.3. The summed E-state index contributed by atoms with van der Waals surface area (Å²) in [4.78, 5) is 16.6. The van der Waals surface area contributed by atoms with Gasteiger partial charge in [0.2, 0.25) is 5.91 Å². The number of halogens is 4. The second-order valence-corrected chi connectivity index (χ2v) is 8.40. The molecule has 1 heterocycles. The van der Waals surface area contributed by atoms with Crippen molar-refractivity contribution in [3.63, 3.8) is 0 Å². The summed E-state index contributed by atoms with van der Waals surface area (Å²) in [6.45, 7) is 6.69. The molecule has 0 aliphatic rings. The number of amides is 1. The highest BCUT2D eigenvalue weighted by molar-refractivity contribution is 5.96. The number of carbonyl (C=O) groups is 1. The Morgan fingerprint density at radius 1 is 1.14 bits per heavy atom. The molecule has 0 aliphatic heterocycles. The molecule has 0 spiro atoms. The molecule has 0 fully saturated rings. The Morgan fingerprint density at radius 3 is 2.43 bits per heavy atom. The molecule has 2 rings (SSSR count). The molecular formula is C20H24F4N2O2. The third kappa shape index (κ3) is 6.15. The van der Waals surface area contributed by atoms with Crippen molar-refractivity contribution in [1.29, 1.82) is 0 Å². The second kappa shape index (κ2) is 8.03.